The van der Waals surface area contributed by atoms with Gasteiger partial charge in [0.05, 0.1) is 6.54 Å². The fraction of sp³-hybridized carbons (Fsp3) is 0.409. The van der Waals surface area contributed by atoms with Crippen molar-refractivity contribution in [3.8, 4) is 0 Å². The van der Waals surface area contributed by atoms with E-state index in [2.05, 4.69) is 72.8 Å². The van der Waals surface area contributed by atoms with E-state index in [1.807, 2.05) is 25.6 Å². The van der Waals surface area contributed by atoms with Crippen LogP contribution < -0.4 is 5.32 Å². The number of rotatable bonds is 4. The van der Waals surface area contributed by atoms with E-state index >= 15 is 0 Å². The molecular weight excluding hydrogens is 362 g/mol. The molecule has 1 aromatic heterocycles. The Morgan fingerprint density at radius 2 is 1.79 bits per heavy atom. The van der Waals surface area contributed by atoms with E-state index in [0.29, 0.717) is 6.54 Å². The second kappa shape index (κ2) is 8.61. The highest BCUT2D eigenvalue weighted by Crippen LogP contribution is 2.20. The van der Waals surface area contributed by atoms with E-state index in [-0.39, 0.29) is 0 Å². The fourth-order valence-corrected chi connectivity index (χ4v) is 3.88. The molecule has 1 aliphatic heterocycles. The van der Waals surface area contributed by atoms with Crippen LogP contribution in [-0.2, 0) is 20.1 Å². The van der Waals surface area contributed by atoms with Crippen LogP contribution in [-0.4, -0.2) is 63.8 Å². The Morgan fingerprint density at radius 1 is 1.03 bits per heavy atom. The molecule has 1 fully saturated rings. The molecule has 0 atom stereocenters. The molecule has 0 amide bonds. The highest BCUT2D eigenvalue weighted by molar-refractivity contribution is 5.85. The van der Waals surface area contributed by atoms with Gasteiger partial charge in [0.1, 0.15) is 5.82 Å². The van der Waals surface area contributed by atoms with Crippen LogP contribution in [0.25, 0.3) is 10.8 Å². The summed E-state index contributed by atoms with van der Waals surface area (Å²) in [5.41, 5.74) is 1.40. The predicted molar refractivity (Wildman–Crippen MR) is 117 cm³/mol. The van der Waals surface area contributed by atoms with Crippen molar-refractivity contribution in [2.24, 2.45) is 12.0 Å². The van der Waals surface area contributed by atoms with Crippen LogP contribution in [0, 0.1) is 6.92 Å². The molecule has 7 heteroatoms. The van der Waals surface area contributed by atoms with Crippen molar-refractivity contribution < 1.29 is 0 Å². The van der Waals surface area contributed by atoms with Crippen LogP contribution in [0.2, 0.25) is 0 Å². The summed E-state index contributed by atoms with van der Waals surface area (Å²) in [4.78, 5) is 9.32. The van der Waals surface area contributed by atoms with Gasteiger partial charge in [0.25, 0.3) is 0 Å². The maximum Gasteiger partial charge on any atom is 0.194 e. The number of nitrogens with zero attached hydrogens (tertiary/aromatic N) is 6. The minimum absolute atomic E-state index is 0.625. The predicted octanol–water partition coefficient (Wildman–Crippen LogP) is 2.17. The van der Waals surface area contributed by atoms with Crippen molar-refractivity contribution in [1.82, 2.24) is 29.9 Å². The largest absolute Gasteiger partial charge is 0.349 e. The van der Waals surface area contributed by atoms with E-state index in [1.54, 1.807) is 0 Å². The second-order valence-electron chi connectivity index (χ2n) is 7.52. The fourth-order valence-electron chi connectivity index (χ4n) is 3.88. The quantitative estimate of drug-likeness (QED) is 0.546. The van der Waals surface area contributed by atoms with Gasteiger partial charge in [-0.15, -0.1) is 10.2 Å². The number of aromatic nitrogens is 3. The van der Waals surface area contributed by atoms with Crippen molar-refractivity contribution >= 4 is 16.7 Å². The Hall–Kier alpha value is -2.93. The van der Waals surface area contributed by atoms with Gasteiger partial charge in [0.15, 0.2) is 11.8 Å². The summed E-state index contributed by atoms with van der Waals surface area (Å²) < 4.78 is 2.00. The smallest absolute Gasteiger partial charge is 0.194 e. The molecule has 7 nitrogen and oxygen atoms in total. The van der Waals surface area contributed by atoms with Crippen molar-refractivity contribution in [2.75, 3.05) is 33.2 Å². The molecule has 1 aliphatic rings. The standard InChI is InChI=1S/C22H29N7/c1-17-25-26-21(27(17)3)15-24-22(23-2)29-13-11-28(12-14-29)16-19-9-6-8-18-7-4-5-10-20(18)19/h4-10H,11-16H2,1-3H3,(H,23,24). The first-order valence-electron chi connectivity index (χ1n) is 10.1. The SMILES string of the molecule is CN=C(NCc1nnc(C)n1C)N1CCN(Cc2cccc3ccccc23)CC1. The zero-order valence-corrected chi connectivity index (χ0v) is 17.5. The number of guanidine groups is 1. The van der Waals surface area contributed by atoms with Gasteiger partial charge in [-0.2, -0.15) is 0 Å². The third-order valence-electron chi connectivity index (χ3n) is 5.74. The van der Waals surface area contributed by atoms with Crippen LogP contribution in [0.4, 0.5) is 0 Å². The Morgan fingerprint density at radius 3 is 2.52 bits per heavy atom. The summed E-state index contributed by atoms with van der Waals surface area (Å²) in [6, 6.07) is 15.2. The molecule has 0 saturated carbocycles. The number of benzene rings is 2. The maximum absolute atomic E-state index is 4.47. The third kappa shape index (κ3) is 4.24. The third-order valence-corrected chi connectivity index (χ3v) is 5.74. The van der Waals surface area contributed by atoms with E-state index in [1.165, 1.54) is 16.3 Å². The molecule has 1 N–H and O–H groups in total. The van der Waals surface area contributed by atoms with Gasteiger partial charge in [-0.25, -0.2) is 0 Å². The Kier molecular flexibility index (Phi) is 5.76. The van der Waals surface area contributed by atoms with Gasteiger partial charge < -0.3 is 14.8 Å². The van der Waals surface area contributed by atoms with Gasteiger partial charge >= 0.3 is 0 Å². The molecule has 0 spiro atoms. The Balaban J connectivity index is 1.34. The first kappa shape index (κ1) is 19.4. The number of piperazine rings is 1. The Labute approximate surface area is 172 Å². The summed E-state index contributed by atoms with van der Waals surface area (Å²) in [5, 5.41) is 14.4. The second-order valence-corrected chi connectivity index (χ2v) is 7.52. The van der Waals surface area contributed by atoms with Gasteiger partial charge in [-0.3, -0.25) is 9.89 Å². The lowest BCUT2D eigenvalue weighted by atomic mass is 10.0. The molecule has 152 valence electrons. The van der Waals surface area contributed by atoms with Crippen molar-refractivity contribution in [3.05, 3.63) is 59.7 Å². The number of hydrogen-bond donors (Lipinski definition) is 1. The topological polar surface area (TPSA) is 61.6 Å². The van der Waals surface area contributed by atoms with Crippen LogP contribution >= 0.6 is 0 Å². The first-order valence-corrected chi connectivity index (χ1v) is 10.1. The minimum atomic E-state index is 0.625. The lowest BCUT2D eigenvalue weighted by Crippen LogP contribution is -2.52. The molecule has 2 aromatic carbocycles. The lowest BCUT2D eigenvalue weighted by molar-refractivity contribution is 0.173. The van der Waals surface area contributed by atoms with Crippen LogP contribution in [0.15, 0.2) is 47.5 Å². The van der Waals surface area contributed by atoms with Crippen molar-refractivity contribution in [1.29, 1.82) is 0 Å². The number of aliphatic imine (C=N–C) groups is 1. The molecule has 0 aliphatic carbocycles. The summed E-state index contributed by atoms with van der Waals surface area (Å²) in [6.45, 7) is 7.53. The molecule has 1 saturated heterocycles. The number of hydrogen-bond acceptors (Lipinski definition) is 4. The van der Waals surface area contributed by atoms with Gasteiger partial charge in [-0.05, 0) is 23.3 Å². The highest BCUT2D eigenvalue weighted by atomic mass is 15.4. The number of nitrogens with one attached hydrogen (secondary N) is 1. The van der Waals surface area contributed by atoms with E-state index in [4.69, 9.17) is 0 Å². The monoisotopic (exact) mass is 391 g/mol. The van der Waals surface area contributed by atoms with Gasteiger partial charge in [0.2, 0.25) is 0 Å². The molecular formula is C22H29N7. The summed E-state index contributed by atoms with van der Waals surface area (Å²) in [6.07, 6.45) is 0. The highest BCUT2D eigenvalue weighted by Gasteiger charge is 2.20. The number of aryl methyl sites for hydroxylation is 1. The summed E-state index contributed by atoms with van der Waals surface area (Å²) in [7, 11) is 3.83. The molecule has 4 rings (SSSR count). The van der Waals surface area contributed by atoms with Crippen LogP contribution in [0.3, 0.4) is 0 Å². The van der Waals surface area contributed by atoms with Crippen LogP contribution in [0.1, 0.15) is 17.2 Å². The average Bonchev–Trinajstić information content (AvgIpc) is 3.08. The van der Waals surface area contributed by atoms with E-state index in [9.17, 15) is 0 Å². The molecule has 2 heterocycles. The molecule has 0 radical (unpaired) electrons. The molecule has 0 bridgehead atoms. The summed E-state index contributed by atoms with van der Waals surface area (Å²) >= 11 is 0. The van der Waals surface area contributed by atoms with Gasteiger partial charge in [-0.1, -0.05) is 42.5 Å². The zero-order valence-electron chi connectivity index (χ0n) is 17.5. The van der Waals surface area contributed by atoms with Crippen LogP contribution in [0.5, 0.6) is 0 Å². The minimum Gasteiger partial charge on any atom is -0.349 e. The number of fused-ring (bicyclic) bond motifs is 1. The van der Waals surface area contributed by atoms with Gasteiger partial charge in [0, 0.05) is 46.8 Å². The Bertz CT molecular complexity index is 994. The molecule has 0 unspecified atom stereocenters. The normalized spacial score (nSPS) is 15.8. The van der Waals surface area contributed by atoms with Crippen molar-refractivity contribution in [3.63, 3.8) is 0 Å². The van der Waals surface area contributed by atoms with Crippen molar-refractivity contribution in [2.45, 2.75) is 20.0 Å². The van der Waals surface area contributed by atoms with E-state index in [0.717, 1.165) is 50.3 Å². The van der Waals surface area contributed by atoms with E-state index < -0.39 is 0 Å². The lowest BCUT2D eigenvalue weighted by Gasteiger charge is -2.36. The molecule has 29 heavy (non-hydrogen) atoms. The first-order chi connectivity index (χ1) is 14.2. The molecule has 3 aromatic rings. The average molecular weight is 392 g/mol. The summed E-state index contributed by atoms with van der Waals surface area (Å²) in [5.74, 6) is 2.76. The maximum atomic E-state index is 4.47. The zero-order chi connectivity index (χ0) is 20.2.